The van der Waals surface area contributed by atoms with Gasteiger partial charge < -0.3 is 10.5 Å². The monoisotopic (exact) mass is 235 g/mol. The van der Waals surface area contributed by atoms with E-state index in [0.717, 1.165) is 0 Å². The van der Waals surface area contributed by atoms with Crippen molar-refractivity contribution in [2.45, 2.75) is 17.8 Å². The van der Waals surface area contributed by atoms with Crippen molar-refractivity contribution in [3.63, 3.8) is 0 Å². The van der Waals surface area contributed by atoms with E-state index in [1.807, 2.05) is 0 Å². The van der Waals surface area contributed by atoms with Gasteiger partial charge in [0, 0.05) is 0 Å². The molecule has 1 aromatic carbocycles. The molecule has 15 heavy (non-hydrogen) atoms. The van der Waals surface area contributed by atoms with E-state index < -0.39 is 11.4 Å². The van der Waals surface area contributed by atoms with Crippen LogP contribution in [0.15, 0.2) is 24.3 Å². The number of halogens is 3. The zero-order valence-corrected chi connectivity index (χ0v) is 8.97. The second kappa shape index (κ2) is 4.77. The normalized spacial score (nSPS) is 13.7. The van der Waals surface area contributed by atoms with E-state index >= 15 is 0 Å². The summed E-state index contributed by atoms with van der Waals surface area (Å²) in [6.07, 6.45) is 0.00764. The molecule has 0 heterocycles. The Hall–Kier alpha value is -0.870. The third-order valence-corrected chi connectivity index (χ3v) is 2.29. The first kappa shape index (κ1) is 12.2. The van der Waals surface area contributed by atoms with Crippen LogP contribution in [0.2, 0.25) is 0 Å². The summed E-state index contributed by atoms with van der Waals surface area (Å²) < 4.78 is 30.1. The van der Waals surface area contributed by atoms with E-state index in [1.54, 1.807) is 24.3 Å². The van der Waals surface area contributed by atoms with Gasteiger partial charge in [0.05, 0.1) is 13.2 Å². The number of ether oxygens (including phenoxy) is 1. The van der Waals surface area contributed by atoms with E-state index in [0.29, 0.717) is 11.3 Å². The highest BCUT2D eigenvalue weighted by atomic mass is 35.5. The van der Waals surface area contributed by atoms with E-state index in [2.05, 4.69) is 0 Å². The molecule has 1 atom stereocenters. The Balaban J connectivity index is 2.72. The van der Waals surface area contributed by atoms with E-state index in [1.165, 1.54) is 7.11 Å². The Labute approximate surface area is 92.0 Å². The number of alkyl halides is 3. The molecule has 1 aromatic rings. The van der Waals surface area contributed by atoms with Gasteiger partial charge in [0.2, 0.25) is 0 Å². The topological polar surface area (TPSA) is 35.2 Å². The lowest BCUT2D eigenvalue weighted by Gasteiger charge is -2.17. The minimum atomic E-state index is -3.39. The zero-order chi connectivity index (χ0) is 11.5. The van der Waals surface area contributed by atoms with Crippen LogP contribution in [-0.4, -0.2) is 18.5 Å². The lowest BCUT2D eigenvalue weighted by atomic mass is 10.1. The molecule has 0 amide bonds. The van der Waals surface area contributed by atoms with Crippen molar-refractivity contribution in [2.75, 3.05) is 7.11 Å². The predicted octanol–water partition coefficient (Wildman–Crippen LogP) is 2.40. The number of benzene rings is 1. The minimum absolute atomic E-state index is 0.00764. The molecule has 0 radical (unpaired) electrons. The van der Waals surface area contributed by atoms with Gasteiger partial charge in [-0.1, -0.05) is 12.1 Å². The summed E-state index contributed by atoms with van der Waals surface area (Å²) in [5.74, 6) is 0.609. The molecule has 0 aliphatic carbocycles. The summed E-state index contributed by atoms with van der Waals surface area (Å²) in [7, 11) is 1.51. The van der Waals surface area contributed by atoms with E-state index in [-0.39, 0.29) is 6.42 Å². The number of rotatable bonds is 4. The van der Waals surface area contributed by atoms with Crippen LogP contribution >= 0.6 is 11.6 Å². The van der Waals surface area contributed by atoms with E-state index in [9.17, 15) is 8.78 Å². The Kier molecular flexibility index (Phi) is 3.88. The Bertz CT molecular complexity index is 327. The summed E-state index contributed by atoms with van der Waals surface area (Å²) >= 11 is 4.82. The molecular weight excluding hydrogens is 224 g/mol. The molecule has 2 nitrogen and oxygen atoms in total. The summed E-state index contributed by atoms with van der Waals surface area (Å²) in [5.41, 5.74) is 5.92. The Morgan fingerprint density at radius 2 is 2.20 bits per heavy atom. The van der Waals surface area contributed by atoms with Crippen LogP contribution in [0.25, 0.3) is 0 Å². The average Bonchev–Trinajstić information content (AvgIpc) is 2.16. The van der Waals surface area contributed by atoms with Crippen LogP contribution in [0.1, 0.15) is 5.56 Å². The van der Waals surface area contributed by atoms with Crippen LogP contribution in [0.3, 0.4) is 0 Å². The quantitative estimate of drug-likeness (QED) is 0.814. The van der Waals surface area contributed by atoms with Gasteiger partial charge in [-0.25, -0.2) is 0 Å². The molecule has 0 bridgehead atoms. The van der Waals surface area contributed by atoms with Gasteiger partial charge >= 0.3 is 5.38 Å². The lowest BCUT2D eigenvalue weighted by Crippen LogP contribution is -2.38. The van der Waals surface area contributed by atoms with Crippen molar-refractivity contribution in [1.82, 2.24) is 0 Å². The molecule has 0 aliphatic rings. The van der Waals surface area contributed by atoms with Gasteiger partial charge in [-0.15, -0.1) is 0 Å². The number of hydrogen-bond donors (Lipinski definition) is 1. The minimum Gasteiger partial charge on any atom is -0.497 e. The maximum absolute atomic E-state index is 12.6. The third kappa shape index (κ3) is 3.64. The van der Waals surface area contributed by atoms with Gasteiger partial charge in [-0.05, 0) is 35.7 Å². The lowest BCUT2D eigenvalue weighted by molar-refractivity contribution is 0.0657. The van der Waals surface area contributed by atoms with Gasteiger partial charge in [-0.2, -0.15) is 8.78 Å². The van der Waals surface area contributed by atoms with Crippen molar-refractivity contribution in [3.05, 3.63) is 29.8 Å². The van der Waals surface area contributed by atoms with Crippen LogP contribution in [-0.2, 0) is 6.42 Å². The summed E-state index contributed by atoms with van der Waals surface area (Å²) in [5, 5.41) is -3.39. The first-order valence-corrected chi connectivity index (χ1v) is 4.76. The second-order valence-corrected chi connectivity index (χ2v) is 3.71. The molecule has 1 rings (SSSR count). The fraction of sp³-hybridized carbons (Fsp3) is 0.400. The summed E-state index contributed by atoms with van der Waals surface area (Å²) in [6, 6.07) is 5.40. The molecule has 0 saturated carbocycles. The Morgan fingerprint density at radius 3 is 2.73 bits per heavy atom. The first-order chi connectivity index (χ1) is 6.93. The Morgan fingerprint density at radius 1 is 1.53 bits per heavy atom. The smallest absolute Gasteiger partial charge is 0.336 e. The molecule has 0 fully saturated rings. The highest BCUT2D eigenvalue weighted by Gasteiger charge is 2.33. The second-order valence-electron chi connectivity index (χ2n) is 3.20. The molecule has 0 spiro atoms. The van der Waals surface area contributed by atoms with Crippen LogP contribution in [0.5, 0.6) is 5.75 Å². The van der Waals surface area contributed by atoms with E-state index in [4.69, 9.17) is 22.1 Å². The first-order valence-electron chi connectivity index (χ1n) is 4.38. The number of nitrogens with two attached hydrogens (primary N) is 1. The highest BCUT2D eigenvalue weighted by molar-refractivity contribution is 6.22. The summed E-state index contributed by atoms with van der Waals surface area (Å²) in [4.78, 5) is 0. The molecule has 0 aromatic heterocycles. The fourth-order valence-corrected chi connectivity index (χ4v) is 1.25. The number of hydrogen-bond acceptors (Lipinski definition) is 2. The average molecular weight is 236 g/mol. The van der Waals surface area contributed by atoms with Crippen LogP contribution < -0.4 is 10.5 Å². The predicted molar refractivity (Wildman–Crippen MR) is 55.5 cm³/mol. The maximum Gasteiger partial charge on any atom is 0.336 e. The van der Waals surface area contributed by atoms with Crippen molar-refractivity contribution in [3.8, 4) is 5.75 Å². The SMILES string of the molecule is COc1cccc(C[C@H](N)C(F)(F)Cl)c1. The zero-order valence-electron chi connectivity index (χ0n) is 8.21. The van der Waals surface area contributed by atoms with Gasteiger partial charge in [-0.3, -0.25) is 0 Å². The number of methoxy groups -OCH3 is 1. The summed E-state index contributed by atoms with van der Waals surface area (Å²) in [6.45, 7) is 0. The van der Waals surface area contributed by atoms with Crippen molar-refractivity contribution in [1.29, 1.82) is 0 Å². The molecule has 0 aliphatic heterocycles. The van der Waals surface area contributed by atoms with Gasteiger partial charge in [0.25, 0.3) is 0 Å². The molecule has 2 N–H and O–H groups in total. The van der Waals surface area contributed by atoms with Crippen LogP contribution in [0, 0.1) is 0 Å². The third-order valence-electron chi connectivity index (χ3n) is 2.01. The van der Waals surface area contributed by atoms with Crippen LogP contribution in [0.4, 0.5) is 8.78 Å². The molecular formula is C10H12ClF2NO. The molecule has 0 unspecified atom stereocenters. The van der Waals surface area contributed by atoms with Crippen molar-refractivity contribution < 1.29 is 13.5 Å². The molecule has 84 valence electrons. The maximum atomic E-state index is 12.6. The largest absolute Gasteiger partial charge is 0.497 e. The molecule has 5 heteroatoms. The van der Waals surface area contributed by atoms with Crippen molar-refractivity contribution >= 4 is 11.6 Å². The van der Waals surface area contributed by atoms with Gasteiger partial charge in [0.15, 0.2) is 0 Å². The fourth-order valence-electron chi connectivity index (χ4n) is 1.17. The standard InChI is InChI=1S/C10H12ClF2NO/c1-15-8-4-2-3-7(5-8)6-9(14)10(11,12)13/h2-5,9H,6,14H2,1H3/t9-/m0/s1. The highest BCUT2D eigenvalue weighted by Crippen LogP contribution is 2.25. The van der Waals surface area contributed by atoms with Gasteiger partial charge in [0.1, 0.15) is 5.75 Å². The molecule has 0 saturated heterocycles. The van der Waals surface area contributed by atoms with Crippen molar-refractivity contribution in [2.24, 2.45) is 5.73 Å².